The SMILES string of the molecule is CCCCCC(C)NC(=O)CSc1nc2ccc(Br)cc2c(=O)n1CCCOCC. The predicted molar refractivity (Wildman–Crippen MR) is 127 cm³/mol. The first kappa shape index (κ1) is 24.9. The van der Waals surface area contributed by atoms with E-state index in [9.17, 15) is 9.59 Å². The lowest BCUT2D eigenvalue weighted by molar-refractivity contribution is -0.119. The highest BCUT2D eigenvalue weighted by molar-refractivity contribution is 9.10. The molecule has 0 bridgehead atoms. The number of hydrogen-bond acceptors (Lipinski definition) is 5. The first-order chi connectivity index (χ1) is 14.5. The third kappa shape index (κ3) is 7.71. The summed E-state index contributed by atoms with van der Waals surface area (Å²) in [6, 6.07) is 5.64. The van der Waals surface area contributed by atoms with Crippen LogP contribution in [0.15, 0.2) is 32.6 Å². The molecule has 1 aromatic heterocycles. The Morgan fingerprint density at radius 2 is 2.10 bits per heavy atom. The maximum absolute atomic E-state index is 13.1. The van der Waals surface area contributed by atoms with Crippen LogP contribution in [0, 0.1) is 0 Å². The van der Waals surface area contributed by atoms with E-state index in [1.807, 2.05) is 26.0 Å². The first-order valence-corrected chi connectivity index (χ1v) is 12.4. The summed E-state index contributed by atoms with van der Waals surface area (Å²) in [6.07, 6.45) is 5.16. The minimum Gasteiger partial charge on any atom is -0.382 e. The number of carbonyl (C=O) groups is 1. The van der Waals surface area contributed by atoms with Crippen LogP contribution in [0.1, 0.15) is 52.9 Å². The van der Waals surface area contributed by atoms with Gasteiger partial charge in [0.2, 0.25) is 5.91 Å². The lowest BCUT2D eigenvalue weighted by atomic mass is 10.1. The van der Waals surface area contributed by atoms with E-state index in [2.05, 4.69) is 33.2 Å². The highest BCUT2D eigenvalue weighted by atomic mass is 79.9. The molecule has 8 heteroatoms. The Labute approximate surface area is 191 Å². The van der Waals surface area contributed by atoms with Crippen molar-refractivity contribution in [2.75, 3.05) is 19.0 Å². The highest BCUT2D eigenvalue weighted by Crippen LogP contribution is 2.21. The maximum Gasteiger partial charge on any atom is 0.262 e. The number of amides is 1. The summed E-state index contributed by atoms with van der Waals surface area (Å²) in [6.45, 7) is 7.89. The second-order valence-electron chi connectivity index (χ2n) is 7.32. The Bertz CT molecular complexity index is 888. The molecular formula is C22H32BrN3O3S. The average Bonchev–Trinajstić information content (AvgIpc) is 2.72. The topological polar surface area (TPSA) is 73.2 Å². The molecule has 0 fully saturated rings. The Morgan fingerprint density at radius 1 is 1.30 bits per heavy atom. The highest BCUT2D eigenvalue weighted by Gasteiger charge is 2.14. The number of hydrogen-bond donors (Lipinski definition) is 1. The quantitative estimate of drug-likeness (QED) is 0.245. The van der Waals surface area contributed by atoms with E-state index in [0.29, 0.717) is 42.2 Å². The lowest BCUT2D eigenvalue weighted by Crippen LogP contribution is -2.34. The third-order valence-electron chi connectivity index (χ3n) is 4.74. The zero-order valence-electron chi connectivity index (χ0n) is 18.1. The number of carbonyl (C=O) groups excluding carboxylic acids is 1. The van der Waals surface area contributed by atoms with Crippen molar-refractivity contribution in [3.63, 3.8) is 0 Å². The first-order valence-electron chi connectivity index (χ1n) is 10.7. The zero-order valence-corrected chi connectivity index (χ0v) is 20.5. The molecule has 1 N–H and O–H groups in total. The molecule has 0 saturated heterocycles. The molecule has 0 radical (unpaired) electrons. The number of thioether (sulfide) groups is 1. The molecule has 6 nitrogen and oxygen atoms in total. The second kappa shape index (κ2) is 13.1. The zero-order chi connectivity index (χ0) is 21.9. The van der Waals surface area contributed by atoms with Gasteiger partial charge in [-0.05, 0) is 44.9 Å². The van der Waals surface area contributed by atoms with Crippen LogP contribution < -0.4 is 10.9 Å². The van der Waals surface area contributed by atoms with Crippen LogP contribution in [-0.4, -0.2) is 40.5 Å². The van der Waals surface area contributed by atoms with Crippen molar-refractivity contribution in [3.8, 4) is 0 Å². The lowest BCUT2D eigenvalue weighted by Gasteiger charge is -2.15. The van der Waals surface area contributed by atoms with Crippen molar-refractivity contribution < 1.29 is 9.53 Å². The van der Waals surface area contributed by atoms with Gasteiger partial charge in [-0.1, -0.05) is 53.9 Å². The molecule has 1 aromatic carbocycles. The van der Waals surface area contributed by atoms with Gasteiger partial charge in [0.25, 0.3) is 5.56 Å². The summed E-state index contributed by atoms with van der Waals surface area (Å²) in [5.74, 6) is 0.202. The number of aromatic nitrogens is 2. The van der Waals surface area contributed by atoms with E-state index in [0.717, 1.165) is 17.3 Å². The molecule has 0 aliphatic rings. The Balaban J connectivity index is 2.12. The van der Waals surface area contributed by atoms with E-state index in [4.69, 9.17) is 4.74 Å². The summed E-state index contributed by atoms with van der Waals surface area (Å²) >= 11 is 4.73. The van der Waals surface area contributed by atoms with Gasteiger partial charge in [0.1, 0.15) is 0 Å². The standard InChI is InChI=1S/C22H32BrN3O3S/c1-4-6-7-9-16(3)24-20(27)15-30-22-25-19-11-10-17(23)14-18(19)21(28)26(22)12-8-13-29-5-2/h10-11,14,16H,4-9,12-13,15H2,1-3H3,(H,24,27). The van der Waals surface area contributed by atoms with Crippen molar-refractivity contribution in [1.29, 1.82) is 0 Å². The van der Waals surface area contributed by atoms with E-state index in [1.165, 1.54) is 24.6 Å². The van der Waals surface area contributed by atoms with Crippen molar-refractivity contribution in [2.24, 2.45) is 0 Å². The van der Waals surface area contributed by atoms with Gasteiger partial charge >= 0.3 is 0 Å². The van der Waals surface area contributed by atoms with Crippen LogP contribution in [0.4, 0.5) is 0 Å². The molecular weight excluding hydrogens is 466 g/mol. The molecule has 0 saturated carbocycles. The van der Waals surface area contributed by atoms with Gasteiger partial charge in [-0.15, -0.1) is 0 Å². The fraction of sp³-hybridized carbons (Fsp3) is 0.591. The monoisotopic (exact) mass is 497 g/mol. The minimum atomic E-state index is -0.0892. The van der Waals surface area contributed by atoms with Gasteiger partial charge in [-0.3, -0.25) is 14.2 Å². The summed E-state index contributed by atoms with van der Waals surface area (Å²) in [4.78, 5) is 30.1. The minimum absolute atomic E-state index is 0.0324. The number of benzene rings is 1. The maximum atomic E-state index is 13.1. The third-order valence-corrected chi connectivity index (χ3v) is 6.21. The predicted octanol–water partition coefficient (Wildman–Crippen LogP) is 4.76. The number of halogens is 1. The molecule has 1 heterocycles. The molecule has 166 valence electrons. The van der Waals surface area contributed by atoms with Crippen LogP contribution in [-0.2, 0) is 16.1 Å². The molecule has 1 amide bonds. The van der Waals surface area contributed by atoms with Gasteiger partial charge < -0.3 is 10.1 Å². The van der Waals surface area contributed by atoms with E-state index < -0.39 is 0 Å². The normalized spacial score (nSPS) is 12.3. The summed E-state index contributed by atoms with van der Waals surface area (Å²) in [7, 11) is 0. The molecule has 30 heavy (non-hydrogen) atoms. The van der Waals surface area contributed by atoms with Crippen LogP contribution >= 0.6 is 27.7 Å². The number of nitrogens with zero attached hydrogens (tertiary/aromatic N) is 2. The van der Waals surface area contributed by atoms with Gasteiger partial charge in [0, 0.05) is 30.3 Å². The number of ether oxygens (including phenoxy) is 1. The van der Waals surface area contributed by atoms with Gasteiger partial charge in [-0.25, -0.2) is 4.98 Å². The van der Waals surface area contributed by atoms with Gasteiger partial charge in [-0.2, -0.15) is 0 Å². The average molecular weight is 498 g/mol. The van der Waals surface area contributed by atoms with Crippen molar-refractivity contribution in [1.82, 2.24) is 14.9 Å². The van der Waals surface area contributed by atoms with Crippen molar-refractivity contribution >= 4 is 44.5 Å². The number of unbranched alkanes of at least 4 members (excludes halogenated alkanes) is 2. The van der Waals surface area contributed by atoms with Crippen LogP contribution in [0.3, 0.4) is 0 Å². The molecule has 0 spiro atoms. The summed E-state index contributed by atoms with van der Waals surface area (Å²) in [5.41, 5.74) is 0.550. The van der Waals surface area contributed by atoms with Gasteiger partial charge in [0.05, 0.1) is 16.7 Å². The van der Waals surface area contributed by atoms with Crippen molar-refractivity contribution in [2.45, 2.75) is 70.6 Å². The molecule has 1 atom stereocenters. The van der Waals surface area contributed by atoms with Crippen LogP contribution in [0.2, 0.25) is 0 Å². The second-order valence-corrected chi connectivity index (χ2v) is 9.17. The number of nitrogens with one attached hydrogen (secondary N) is 1. The number of fused-ring (bicyclic) bond motifs is 1. The van der Waals surface area contributed by atoms with E-state index in [1.54, 1.807) is 10.6 Å². The largest absolute Gasteiger partial charge is 0.382 e. The Hall–Kier alpha value is -1.38. The van der Waals surface area contributed by atoms with Crippen LogP contribution in [0.5, 0.6) is 0 Å². The van der Waals surface area contributed by atoms with Crippen LogP contribution in [0.25, 0.3) is 10.9 Å². The van der Waals surface area contributed by atoms with E-state index >= 15 is 0 Å². The van der Waals surface area contributed by atoms with Gasteiger partial charge in [0.15, 0.2) is 5.16 Å². The molecule has 0 aliphatic heterocycles. The molecule has 2 aromatic rings. The Morgan fingerprint density at radius 3 is 2.83 bits per heavy atom. The molecule has 0 aliphatic carbocycles. The van der Waals surface area contributed by atoms with Crippen molar-refractivity contribution in [3.05, 3.63) is 33.0 Å². The fourth-order valence-electron chi connectivity index (χ4n) is 3.17. The van der Waals surface area contributed by atoms with E-state index in [-0.39, 0.29) is 23.3 Å². The number of rotatable bonds is 13. The molecule has 2 rings (SSSR count). The smallest absolute Gasteiger partial charge is 0.262 e. The Kier molecular flexibility index (Phi) is 10.9. The molecule has 1 unspecified atom stereocenters. The summed E-state index contributed by atoms with van der Waals surface area (Å²) < 4.78 is 7.91. The summed E-state index contributed by atoms with van der Waals surface area (Å²) in [5, 5.41) is 4.18. The fourth-order valence-corrected chi connectivity index (χ4v) is 4.37.